The van der Waals surface area contributed by atoms with E-state index in [1.807, 2.05) is 80.6 Å². The van der Waals surface area contributed by atoms with Crippen LogP contribution in [-0.4, -0.2) is 17.7 Å². The fourth-order valence-corrected chi connectivity index (χ4v) is 5.62. The molecule has 1 heterocycles. The average Bonchev–Trinajstić information content (AvgIpc) is 3.55. The summed E-state index contributed by atoms with van der Waals surface area (Å²) in [6, 6.07) is 34.7. The van der Waals surface area contributed by atoms with Crippen molar-refractivity contribution in [2.24, 2.45) is 0 Å². The third-order valence-electron chi connectivity index (χ3n) is 6.77. The quantitative estimate of drug-likeness (QED) is 0.112. The van der Waals surface area contributed by atoms with Crippen molar-refractivity contribution in [2.45, 2.75) is 24.0 Å². The Morgan fingerprint density at radius 1 is 0.750 bits per heavy atom. The zero-order valence-electron chi connectivity index (χ0n) is 24.2. The van der Waals surface area contributed by atoms with Crippen LogP contribution in [-0.2, 0) is 9.59 Å². The van der Waals surface area contributed by atoms with Crippen LogP contribution in [0.4, 0.5) is 11.4 Å². The largest absolute Gasteiger partial charge is 0.465 e. The first-order valence-electron chi connectivity index (χ1n) is 14.0. The third-order valence-corrected chi connectivity index (χ3v) is 8.02. The Balaban J connectivity index is 1.37. The van der Waals surface area contributed by atoms with Crippen molar-refractivity contribution in [1.82, 2.24) is 5.32 Å². The van der Waals surface area contributed by atoms with Crippen molar-refractivity contribution in [3.8, 4) is 0 Å². The lowest BCUT2D eigenvalue weighted by Gasteiger charge is -2.19. The van der Waals surface area contributed by atoms with Gasteiger partial charge in [0.05, 0.1) is 6.26 Å². The number of benzene rings is 4. The number of anilines is 2. The van der Waals surface area contributed by atoms with Crippen molar-refractivity contribution in [2.75, 3.05) is 10.6 Å². The lowest BCUT2D eigenvalue weighted by Crippen LogP contribution is -2.30. The van der Waals surface area contributed by atoms with Crippen LogP contribution in [0.2, 0.25) is 0 Å². The highest BCUT2D eigenvalue weighted by molar-refractivity contribution is 8.00. The molecule has 0 bridgehead atoms. The third kappa shape index (κ3) is 7.73. The van der Waals surface area contributed by atoms with Gasteiger partial charge in [0.1, 0.15) is 16.7 Å². The van der Waals surface area contributed by atoms with Crippen molar-refractivity contribution in [3.63, 3.8) is 0 Å². The number of hydrogen-bond acceptors (Lipinski definition) is 5. The van der Waals surface area contributed by atoms with E-state index in [9.17, 15) is 14.4 Å². The molecule has 220 valence electrons. The van der Waals surface area contributed by atoms with Crippen LogP contribution >= 0.6 is 11.8 Å². The number of hydrogen-bond donors (Lipinski definition) is 3. The second-order valence-electron chi connectivity index (χ2n) is 10.0. The van der Waals surface area contributed by atoms with Gasteiger partial charge in [-0.25, -0.2) is 0 Å². The Labute approximate surface area is 260 Å². The maximum Gasteiger partial charge on any atom is 0.272 e. The number of carbonyl (C=O) groups is 3. The molecule has 1 aromatic heterocycles. The molecule has 1 unspecified atom stereocenters. The molecule has 0 fully saturated rings. The minimum atomic E-state index is -0.555. The average molecular weight is 602 g/mol. The van der Waals surface area contributed by atoms with Gasteiger partial charge in [-0.3, -0.25) is 14.4 Å². The second-order valence-corrected chi connectivity index (χ2v) is 11.2. The monoisotopic (exact) mass is 601 g/mol. The fraction of sp³-hybridized carbons (Fsp3) is 0.0833. The lowest BCUT2D eigenvalue weighted by molar-refractivity contribution is -0.116. The Morgan fingerprint density at radius 2 is 1.43 bits per heavy atom. The molecule has 0 aliphatic heterocycles. The van der Waals surface area contributed by atoms with E-state index in [1.54, 1.807) is 48.5 Å². The van der Waals surface area contributed by atoms with E-state index in [2.05, 4.69) is 16.0 Å². The molecule has 0 radical (unpaired) electrons. The summed E-state index contributed by atoms with van der Waals surface area (Å²) in [4.78, 5) is 40.8. The molecule has 7 nitrogen and oxygen atoms in total. The van der Waals surface area contributed by atoms with E-state index >= 15 is 0 Å². The van der Waals surface area contributed by atoms with E-state index in [1.165, 1.54) is 24.1 Å². The number of carbonyl (C=O) groups excluding carboxylic acids is 3. The molecule has 4 aromatic carbocycles. The van der Waals surface area contributed by atoms with Crippen LogP contribution in [0.25, 0.3) is 6.08 Å². The lowest BCUT2D eigenvalue weighted by atomic mass is 10.1. The summed E-state index contributed by atoms with van der Waals surface area (Å²) in [5, 5.41) is 8.14. The predicted molar refractivity (Wildman–Crippen MR) is 175 cm³/mol. The summed E-state index contributed by atoms with van der Waals surface area (Å²) in [7, 11) is 0. The van der Waals surface area contributed by atoms with E-state index in [4.69, 9.17) is 4.42 Å². The topological polar surface area (TPSA) is 100 Å². The standard InChI is InChI=1S/C36H31N3O4S/c1-24-12-9-13-25(2)32(24)39-36(42)33(26-14-5-3-6-15-26)44-30-20-10-18-28(22-30)37-35(41)31(23-29-19-11-21-43-29)38-34(40)27-16-7-4-8-17-27/h3-23,33H,1-2H3,(H,37,41)(H,38,40)(H,39,42)/b31-23-. The summed E-state index contributed by atoms with van der Waals surface area (Å²) in [6.07, 6.45) is 2.96. The molecule has 44 heavy (non-hydrogen) atoms. The van der Waals surface area contributed by atoms with Gasteiger partial charge in [0.2, 0.25) is 5.91 Å². The van der Waals surface area contributed by atoms with Crippen molar-refractivity contribution in [3.05, 3.63) is 155 Å². The molecule has 8 heteroatoms. The molecule has 0 aliphatic carbocycles. The van der Waals surface area contributed by atoms with Crippen LogP contribution < -0.4 is 16.0 Å². The smallest absolute Gasteiger partial charge is 0.272 e. The van der Waals surface area contributed by atoms with Gasteiger partial charge in [-0.15, -0.1) is 11.8 Å². The van der Waals surface area contributed by atoms with Crippen molar-refractivity contribution >= 4 is 46.9 Å². The molecule has 1 atom stereocenters. The molecule has 0 saturated carbocycles. The van der Waals surface area contributed by atoms with Crippen LogP contribution in [0.1, 0.15) is 38.1 Å². The molecular formula is C36H31N3O4S. The molecular weight excluding hydrogens is 570 g/mol. The number of para-hydroxylation sites is 1. The highest BCUT2D eigenvalue weighted by Crippen LogP contribution is 2.37. The number of nitrogens with one attached hydrogen (secondary N) is 3. The van der Waals surface area contributed by atoms with Crippen molar-refractivity contribution < 1.29 is 18.8 Å². The first-order chi connectivity index (χ1) is 21.4. The minimum absolute atomic E-state index is 0.0157. The maximum absolute atomic E-state index is 13.7. The van der Waals surface area contributed by atoms with E-state index in [0.717, 1.165) is 27.3 Å². The predicted octanol–water partition coefficient (Wildman–Crippen LogP) is 7.78. The number of thioether (sulfide) groups is 1. The normalized spacial score (nSPS) is 11.8. The first-order valence-corrected chi connectivity index (χ1v) is 14.9. The van der Waals surface area contributed by atoms with Gasteiger partial charge in [-0.1, -0.05) is 72.8 Å². The molecule has 5 rings (SSSR count). The second kappa shape index (κ2) is 14.2. The van der Waals surface area contributed by atoms with Crippen LogP contribution in [0, 0.1) is 13.8 Å². The van der Waals surface area contributed by atoms with E-state index in [-0.39, 0.29) is 11.6 Å². The zero-order valence-corrected chi connectivity index (χ0v) is 25.1. The van der Waals surface area contributed by atoms with E-state index < -0.39 is 17.1 Å². The summed E-state index contributed by atoms with van der Waals surface area (Å²) < 4.78 is 5.39. The summed E-state index contributed by atoms with van der Waals surface area (Å²) >= 11 is 1.38. The number of aryl methyl sites for hydroxylation is 2. The number of amides is 3. The highest BCUT2D eigenvalue weighted by atomic mass is 32.2. The van der Waals surface area contributed by atoms with Crippen molar-refractivity contribution in [1.29, 1.82) is 0 Å². The van der Waals surface area contributed by atoms with Gasteiger partial charge >= 0.3 is 0 Å². The Kier molecular flexibility index (Phi) is 9.74. The van der Waals surface area contributed by atoms with E-state index in [0.29, 0.717) is 17.0 Å². The van der Waals surface area contributed by atoms with Gasteiger partial charge in [-0.2, -0.15) is 0 Å². The summed E-state index contributed by atoms with van der Waals surface area (Å²) in [5.41, 5.74) is 4.55. The Hall–Kier alpha value is -5.34. The summed E-state index contributed by atoms with van der Waals surface area (Å²) in [6.45, 7) is 3.94. The number of rotatable bonds is 10. The van der Waals surface area contributed by atoms with Gasteiger partial charge in [0.25, 0.3) is 11.8 Å². The molecule has 3 N–H and O–H groups in total. The Morgan fingerprint density at radius 3 is 2.11 bits per heavy atom. The van der Waals surface area contributed by atoms with Crippen LogP contribution in [0.15, 0.2) is 137 Å². The SMILES string of the molecule is Cc1cccc(C)c1NC(=O)C(Sc1cccc(NC(=O)/C(=C/c2ccco2)NC(=O)c2ccccc2)c1)c1ccccc1. The molecule has 0 saturated heterocycles. The molecule has 3 amide bonds. The first kappa shape index (κ1) is 30.1. The molecule has 0 spiro atoms. The molecule has 0 aliphatic rings. The van der Waals surface area contributed by atoms with Gasteiger partial charge in [0.15, 0.2) is 0 Å². The van der Waals surface area contributed by atoms with Gasteiger partial charge in [-0.05, 0) is 73.0 Å². The Bertz CT molecular complexity index is 1760. The zero-order chi connectivity index (χ0) is 30.9. The fourth-order valence-electron chi connectivity index (χ4n) is 4.54. The van der Waals surface area contributed by atoms with Crippen LogP contribution in [0.3, 0.4) is 0 Å². The molecule has 5 aromatic rings. The highest BCUT2D eigenvalue weighted by Gasteiger charge is 2.24. The number of furan rings is 1. The van der Waals surface area contributed by atoms with Gasteiger partial charge < -0.3 is 20.4 Å². The minimum Gasteiger partial charge on any atom is -0.465 e. The summed E-state index contributed by atoms with van der Waals surface area (Å²) in [5.74, 6) is -0.697. The van der Waals surface area contributed by atoms with Crippen LogP contribution in [0.5, 0.6) is 0 Å². The maximum atomic E-state index is 13.7. The van der Waals surface area contributed by atoms with Gasteiger partial charge in [0, 0.05) is 27.9 Å².